The van der Waals surface area contributed by atoms with Crippen LogP contribution < -0.4 is 0 Å². The lowest BCUT2D eigenvalue weighted by molar-refractivity contribution is 0.0378. The topological polar surface area (TPSA) is 71.2 Å². The smallest absolute Gasteiger partial charge is 0.338 e. The second-order valence-electron chi connectivity index (χ2n) is 6.10. The summed E-state index contributed by atoms with van der Waals surface area (Å²) >= 11 is 0. The van der Waals surface area contributed by atoms with Crippen molar-refractivity contribution in [1.82, 2.24) is 0 Å². The predicted molar refractivity (Wildman–Crippen MR) is 93.4 cm³/mol. The molecule has 0 aromatic heterocycles. The lowest BCUT2D eigenvalue weighted by atomic mass is 10.0. The van der Waals surface area contributed by atoms with Crippen LogP contribution in [-0.4, -0.2) is 17.2 Å². The number of benzene rings is 2. The van der Waals surface area contributed by atoms with Crippen LogP contribution in [0, 0.1) is 0 Å². The van der Waals surface area contributed by atoms with E-state index in [1.54, 1.807) is 36.4 Å². The molecule has 5 nitrogen and oxygen atoms in total. The molecule has 0 radical (unpaired) electrons. The Bertz CT molecular complexity index is 735. The first-order valence-corrected chi connectivity index (χ1v) is 7.92. The molecule has 0 fully saturated rings. The Morgan fingerprint density at radius 3 is 2.12 bits per heavy atom. The Morgan fingerprint density at radius 1 is 0.958 bits per heavy atom. The number of ether oxygens (including phenoxy) is 1. The van der Waals surface area contributed by atoms with Crippen LogP contribution in [0.2, 0.25) is 0 Å². The van der Waals surface area contributed by atoms with E-state index < -0.39 is 0 Å². The van der Waals surface area contributed by atoms with Gasteiger partial charge in [0, 0.05) is 0 Å². The molecule has 0 aliphatic rings. The standard InChI is InChI=1S/C19H22N2O3/c1-12(2)17-11-16(9-10-18(17)22)21-20-15-7-5-14(6-8-15)19(23)24-13(3)4/h5-13,22H,1-4H3. The van der Waals surface area contributed by atoms with E-state index in [0.717, 1.165) is 5.56 Å². The predicted octanol–water partition coefficient (Wildman–Crippen LogP) is 5.50. The van der Waals surface area contributed by atoms with E-state index >= 15 is 0 Å². The number of phenols is 1. The van der Waals surface area contributed by atoms with Gasteiger partial charge < -0.3 is 9.84 Å². The minimum atomic E-state index is -0.353. The van der Waals surface area contributed by atoms with Crippen LogP contribution in [0.4, 0.5) is 11.4 Å². The van der Waals surface area contributed by atoms with Crippen molar-refractivity contribution < 1.29 is 14.6 Å². The third-order valence-corrected chi connectivity index (χ3v) is 3.36. The molecule has 0 amide bonds. The summed E-state index contributed by atoms with van der Waals surface area (Å²) in [4.78, 5) is 11.8. The fourth-order valence-corrected chi connectivity index (χ4v) is 2.13. The summed E-state index contributed by atoms with van der Waals surface area (Å²) in [5, 5.41) is 18.2. The lowest BCUT2D eigenvalue weighted by Gasteiger charge is -2.08. The molecule has 126 valence electrons. The molecule has 0 atom stereocenters. The Hall–Kier alpha value is -2.69. The van der Waals surface area contributed by atoms with E-state index in [2.05, 4.69) is 10.2 Å². The van der Waals surface area contributed by atoms with Crippen LogP contribution in [0.1, 0.15) is 49.5 Å². The Kier molecular flexibility index (Phi) is 5.68. The van der Waals surface area contributed by atoms with Crippen molar-refractivity contribution in [2.45, 2.75) is 39.7 Å². The Balaban J connectivity index is 2.12. The van der Waals surface area contributed by atoms with Gasteiger partial charge in [-0.1, -0.05) is 13.8 Å². The minimum absolute atomic E-state index is 0.151. The highest BCUT2D eigenvalue weighted by molar-refractivity contribution is 5.89. The van der Waals surface area contributed by atoms with Crippen LogP contribution in [0.3, 0.4) is 0 Å². The molecule has 2 aromatic carbocycles. The first kappa shape index (κ1) is 17.7. The minimum Gasteiger partial charge on any atom is -0.508 e. The highest BCUT2D eigenvalue weighted by Crippen LogP contribution is 2.30. The Morgan fingerprint density at radius 2 is 1.54 bits per heavy atom. The normalized spacial score (nSPS) is 11.4. The van der Waals surface area contributed by atoms with Crippen LogP contribution in [-0.2, 0) is 4.74 Å². The van der Waals surface area contributed by atoms with Crippen LogP contribution >= 0.6 is 0 Å². The van der Waals surface area contributed by atoms with Crippen molar-refractivity contribution in [3.63, 3.8) is 0 Å². The average Bonchev–Trinajstić information content (AvgIpc) is 2.53. The number of carbonyl (C=O) groups excluding carboxylic acids is 1. The third kappa shape index (κ3) is 4.65. The zero-order valence-electron chi connectivity index (χ0n) is 14.4. The first-order valence-electron chi connectivity index (χ1n) is 7.92. The fraction of sp³-hybridized carbons (Fsp3) is 0.316. The number of esters is 1. The van der Waals surface area contributed by atoms with Crippen molar-refractivity contribution in [3.8, 4) is 5.75 Å². The van der Waals surface area contributed by atoms with E-state index in [-0.39, 0.29) is 23.7 Å². The van der Waals surface area contributed by atoms with Gasteiger partial charge in [0.1, 0.15) is 5.75 Å². The van der Waals surface area contributed by atoms with Gasteiger partial charge in [0.05, 0.1) is 23.0 Å². The molecule has 0 aliphatic carbocycles. The molecule has 0 unspecified atom stereocenters. The van der Waals surface area contributed by atoms with E-state index in [1.165, 1.54) is 0 Å². The molecule has 24 heavy (non-hydrogen) atoms. The molecule has 0 heterocycles. The number of carbonyl (C=O) groups is 1. The molecule has 2 rings (SSSR count). The lowest BCUT2D eigenvalue weighted by Crippen LogP contribution is -2.11. The van der Waals surface area contributed by atoms with E-state index in [9.17, 15) is 9.90 Å². The van der Waals surface area contributed by atoms with E-state index in [1.807, 2.05) is 33.8 Å². The SMILES string of the molecule is CC(C)OC(=O)c1ccc(N=Nc2ccc(O)c(C(C)C)c2)cc1. The number of rotatable bonds is 5. The van der Waals surface area contributed by atoms with Gasteiger partial charge in [-0.15, -0.1) is 0 Å². The quantitative estimate of drug-likeness (QED) is 0.583. The van der Waals surface area contributed by atoms with Gasteiger partial charge in [-0.2, -0.15) is 10.2 Å². The van der Waals surface area contributed by atoms with Gasteiger partial charge in [-0.25, -0.2) is 4.79 Å². The monoisotopic (exact) mass is 326 g/mol. The Labute approximate surface area is 142 Å². The molecule has 0 bridgehead atoms. The van der Waals surface area contributed by atoms with Gasteiger partial charge in [0.25, 0.3) is 0 Å². The van der Waals surface area contributed by atoms with Gasteiger partial charge in [0.2, 0.25) is 0 Å². The number of phenolic OH excluding ortho intramolecular Hbond substituents is 1. The van der Waals surface area contributed by atoms with Crippen molar-refractivity contribution >= 4 is 17.3 Å². The number of nitrogens with zero attached hydrogens (tertiary/aromatic N) is 2. The highest BCUT2D eigenvalue weighted by atomic mass is 16.5. The van der Waals surface area contributed by atoms with E-state index in [0.29, 0.717) is 16.9 Å². The molecule has 1 N–H and O–H groups in total. The molecule has 0 saturated heterocycles. The summed E-state index contributed by atoms with van der Waals surface area (Å²) in [7, 11) is 0. The molecule has 0 saturated carbocycles. The largest absolute Gasteiger partial charge is 0.508 e. The summed E-state index contributed by atoms with van der Waals surface area (Å²) in [6, 6.07) is 11.9. The van der Waals surface area contributed by atoms with Crippen molar-refractivity contribution in [2.75, 3.05) is 0 Å². The number of azo groups is 1. The molecule has 0 spiro atoms. The van der Waals surface area contributed by atoms with Crippen LogP contribution in [0.25, 0.3) is 0 Å². The average molecular weight is 326 g/mol. The third-order valence-electron chi connectivity index (χ3n) is 3.36. The molecule has 2 aromatic rings. The molecule has 0 aliphatic heterocycles. The zero-order valence-corrected chi connectivity index (χ0v) is 14.4. The zero-order chi connectivity index (χ0) is 17.7. The second-order valence-corrected chi connectivity index (χ2v) is 6.10. The maximum absolute atomic E-state index is 11.8. The van der Waals surface area contributed by atoms with Crippen LogP contribution in [0.5, 0.6) is 5.75 Å². The van der Waals surface area contributed by atoms with Crippen molar-refractivity contribution in [2.24, 2.45) is 10.2 Å². The maximum atomic E-state index is 11.8. The highest BCUT2D eigenvalue weighted by Gasteiger charge is 2.09. The summed E-state index contributed by atoms with van der Waals surface area (Å²) < 4.78 is 5.14. The van der Waals surface area contributed by atoms with Gasteiger partial charge in [-0.05, 0) is 67.8 Å². The van der Waals surface area contributed by atoms with E-state index in [4.69, 9.17) is 4.74 Å². The summed E-state index contributed by atoms with van der Waals surface area (Å²) in [5.41, 5.74) is 2.61. The number of hydrogen-bond donors (Lipinski definition) is 1. The number of aromatic hydroxyl groups is 1. The first-order chi connectivity index (χ1) is 11.4. The number of hydrogen-bond acceptors (Lipinski definition) is 5. The van der Waals surface area contributed by atoms with Crippen molar-refractivity contribution in [1.29, 1.82) is 0 Å². The molecular weight excluding hydrogens is 304 g/mol. The molecular formula is C19H22N2O3. The van der Waals surface area contributed by atoms with Crippen molar-refractivity contribution in [3.05, 3.63) is 53.6 Å². The summed E-state index contributed by atoms with van der Waals surface area (Å²) in [5.74, 6) is 0.108. The fourth-order valence-electron chi connectivity index (χ4n) is 2.13. The van der Waals surface area contributed by atoms with Crippen LogP contribution in [0.15, 0.2) is 52.7 Å². The van der Waals surface area contributed by atoms with Gasteiger partial charge in [0.15, 0.2) is 0 Å². The van der Waals surface area contributed by atoms with Gasteiger partial charge in [-0.3, -0.25) is 0 Å². The second kappa shape index (κ2) is 7.73. The summed E-state index contributed by atoms with van der Waals surface area (Å²) in [6.45, 7) is 7.63. The summed E-state index contributed by atoms with van der Waals surface area (Å²) in [6.07, 6.45) is -0.151. The molecule has 5 heteroatoms. The maximum Gasteiger partial charge on any atom is 0.338 e. The van der Waals surface area contributed by atoms with Gasteiger partial charge >= 0.3 is 5.97 Å².